The van der Waals surface area contributed by atoms with Crippen molar-refractivity contribution in [3.8, 4) is 0 Å². The fourth-order valence-electron chi connectivity index (χ4n) is 2.60. The Hall–Kier alpha value is -1.35. The van der Waals surface area contributed by atoms with Crippen LogP contribution < -0.4 is 10.6 Å². The van der Waals surface area contributed by atoms with E-state index in [1.54, 1.807) is 0 Å². The van der Waals surface area contributed by atoms with Gasteiger partial charge in [-0.1, -0.05) is 30.3 Å². The van der Waals surface area contributed by atoms with Crippen LogP contribution in [0.15, 0.2) is 30.3 Å². The number of hydrogen-bond acceptors (Lipinski definition) is 2. The summed E-state index contributed by atoms with van der Waals surface area (Å²) < 4.78 is 0. The molecule has 3 atom stereocenters. The lowest BCUT2D eigenvalue weighted by Gasteiger charge is -2.09. The summed E-state index contributed by atoms with van der Waals surface area (Å²) in [7, 11) is 0. The first kappa shape index (κ1) is 10.8. The van der Waals surface area contributed by atoms with E-state index in [1.165, 1.54) is 5.56 Å². The van der Waals surface area contributed by atoms with Crippen LogP contribution in [0.4, 0.5) is 0 Å². The summed E-state index contributed by atoms with van der Waals surface area (Å²) in [5.74, 6) is 0.958. The van der Waals surface area contributed by atoms with Crippen LogP contribution in [0.5, 0.6) is 0 Å². The molecule has 0 aromatic heterocycles. The highest BCUT2D eigenvalue weighted by molar-refractivity contribution is 5.80. The van der Waals surface area contributed by atoms with Crippen LogP contribution in [0.1, 0.15) is 24.3 Å². The Morgan fingerprint density at radius 1 is 1.29 bits per heavy atom. The van der Waals surface area contributed by atoms with Gasteiger partial charge < -0.3 is 10.6 Å². The molecule has 2 fully saturated rings. The zero-order valence-electron chi connectivity index (χ0n) is 9.86. The number of carbonyl (C=O) groups is 1. The third kappa shape index (κ3) is 2.34. The minimum Gasteiger partial charge on any atom is -0.352 e. The lowest BCUT2D eigenvalue weighted by Crippen LogP contribution is -2.34. The van der Waals surface area contributed by atoms with Crippen LogP contribution in [0.25, 0.3) is 0 Å². The van der Waals surface area contributed by atoms with Crippen molar-refractivity contribution in [3.63, 3.8) is 0 Å². The van der Waals surface area contributed by atoms with Gasteiger partial charge in [0, 0.05) is 18.5 Å². The molecule has 3 nitrogen and oxygen atoms in total. The van der Waals surface area contributed by atoms with Crippen molar-refractivity contribution in [2.75, 3.05) is 13.1 Å². The third-order valence-corrected chi connectivity index (χ3v) is 3.78. The number of nitrogens with one attached hydrogen (secondary N) is 2. The van der Waals surface area contributed by atoms with Gasteiger partial charge in [0.2, 0.25) is 5.91 Å². The Morgan fingerprint density at radius 2 is 2.12 bits per heavy atom. The highest BCUT2D eigenvalue weighted by Gasteiger charge is 2.40. The van der Waals surface area contributed by atoms with Crippen molar-refractivity contribution in [2.24, 2.45) is 5.92 Å². The average molecular weight is 230 g/mol. The third-order valence-electron chi connectivity index (χ3n) is 3.78. The molecule has 3 rings (SSSR count). The largest absolute Gasteiger partial charge is 0.352 e. The second kappa shape index (κ2) is 4.49. The van der Waals surface area contributed by atoms with E-state index < -0.39 is 0 Å². The van der Waals surface area contributed by atoms with Gasteiger partial charge in [0.05, 0.1) is 5.92 Å². The molecular weight excluding hydrogens is 212 g/mol. The predicted octanol–water partition coefficient (Wildman–Crippen LogP) is 1.27. The lowest BCUT2D eigenvalue weighted by atomic mass is 10.1. The van der Waals surface area contributed by atoms with Crippen molar-refractivity contribution in [2.45, 2.75) is 24.8 Å². The smallest absolute Gasteiger partial charge is 0.224 e. The first-order chi connectivity index (χ1) is 8.34. The van der Waals surface area contributed by atoms with Crippen LogP contribution in [0.3, 0.4) is 0 Å². The number of benzene rings is 1. The molecule has 0 spiro atoms. The molecule has 1 aliphatic heterocycles. The molecule has 3 heteroatoms. The highest BCUT2D eigenvalue weighted by atomic mass is 16.2. The van der Waals surface area contributed by atoms with Crippen LogP contribution in [0, 0.1) is 5.92 Å². The van der Waals surface area contributed by atoms with Gasteiger partial charge >= 0.3 is 0 Å². The Balaban J connectivity index is 1.54. The van der Waals surface area contributed by atoms with E-state index in [0.29, 0.717) is 12.0 Å². The summed E-state index contributed by atoms with van der Waals surface area (Å²) in [6, 6.07) is 10.8. The van der Waals surface area contributed by atoms with Crippen molar-refractivity contribution in [1.29, 1.82) is 0 Å². The zero-order chi connectivity index (χ0) is 11.7. The number of hydrogen-bond donors (Lipinski definition) is 2. The monoisotopic (exact) mass is 230 g/mol. The second-order valence-corrected chi connectivity index (χ2v) is 5.06. The quantitative estimate of drug-likeness (QED) is 0.821. The summed E-state index contributed by atoms with van der Waals surface area (Å²) in [5.41, 5.74) is 1.35. The fourth-order valence-corrected chi connectivity index (χ4v) is 2.60. The lowest BCUT2D eigenvalue weighted by molar-refractivity contribution is -0.124. The van der Waals surface area contributed by atoms with E-state index in [9.17, 15) is 4.79 Å². The van der Waals surface area contributed by atoms with Gasteiger partial charge in [-0.2, -0.15) is 0 Å². The van der Waals surface area contributed by atoms with Gasteiger partial charge in [-0.15, -0.1) is 0 Å². The summed E-state index contributed by atoms with van der Waals surface area (Å²) in [5, 5.41) is 6.39. The van der Waals surface area contributed by atoms with Gasteiger partial charge in [0.15, 0.2) is 0 Å². The standard InChI is InChI=1S/C14H18N2O/c17-14(11-6-7-15-9-11)16-13-8-12(13)10-4-2-1-3-5-10/h1-5,11-13,15H,6-9H2,(H,16,17)/t11-,12+,13-/m0/s1. The van der Waals surface area contributed by atoms with Crippen LogP contribution in [-0.4, -0.2) is 25.0 Å². The molecule has 0 radical (unpaired) electrons. The molecule has 0 unspecified atom stereocenters. The summed E-state index contributed by atoms with van der Waals surface area (Å²) in [6.07, 6.45) is 2.07. The minimum absolute atomic E-state index is 0.187. The molecule has 1 aromatic rings. The predicted molar refractivity (Wildman–Crippen MR) is 66.7 cm³/mol. The molecule has 1 heterocycles. The first-order valence-corrected chi connectivity index (χ1v) is 6.40. The Labute approximate surface area is 102 Å². The zero-order valence-corrected chi connectivity index (χ0v) is 9.86. The van der Waals surface area contributed by atoms with Gasteiger partial charge in [0.25, 0.3) is 0 Å². The topological polar surface area (TPSA) is 41.1 Å². The van der Waals surface area contributed by atoms with E-state index in [1.807, 2.05) is 6.07 Å². The van der Waals surface area contributed by atoms with Gasteiger partial charge in [0.1, 0.15) is 0 Å². The van der Waals surface area contributed by atoms with Crippen molar-refractivity contribution < 1.29 is 4.79 Å². The van der Waals surface area contributed by atoms with Crippen molar-refractivity contribution in [1.82, 2.24) is 10.6 Å². The summed E-state index contributed by atoms with van der Waals surface area (Å²) >= 11 is 0. The maximum absolute atomic E-state index is 11.9. The fraction of sp³-hybridized carbons (Fsp3) is 0.500. The van der Waals surface area contributed by atoms with Gasteiger partial charge in [-0.05, 0) is 24.9 Å². The van der Waals surface area contributed by atoms with Crippen molar-refractivity contribution in [3.05, 3.63) is 35.9 Å². The highest BCUT2D eigenvalue weighted by Crippen LogP contribution is 2.40. The molecule has 2 aliphatic rings. The van der Waals surface area contributed by atoms with E-state index in [4.69, 9.17) is 0 Å². The van der Waals surface area contributed by atoms with Gasteiger partial charge in [-0.25, -0.2) is 0 Å². The maximum Gasteiger partial charge on any atom is 0.224 e. The minimum atomic E-state index is 0.187. The first-order valence-electron chi connectivity index (χ1n) is 6.40. The average Bonchev–Trinajstić information content (AvgIpc) is 2.92. The van der Waals surface area contributed by atoms with E-state index in [-0.39, 0.29) is 11.8 Å². The van der Waals surface area contributed by atoms with E-state index >= 15 is 0 Å². The molecule has 1 aliphatic carbocycles. The molecule has 1 aromatic carbocycles. The second-order valence-electron chi connectivity index (χ2n) is 5.06. The van der Waals surface area contributed by atoms with Crippen LogP contribution >= 0.6 is 0 Å². The SMILES string of the molecule is O=C(N[C@H]1C[C@@H]1c1ccccc1)[C@H]1CCNC1. The van der Waals surface area contributed by atoms with E-state index in [2.05, 4.69) is 34.9 Å². The van der Waals surface area contributed by atoms with Crippen LogP contribution in [0.2, 0.25) is 0 Å². The molecule has 1 saturated carbocycles. The molecular formula is C14H18N2O. The Morgan fingerprint density at radius 3 is 2.82 bits per heavy atom. The maximum atomic E-state index is 11.9. The molecule has 90 valence electrons. The molecule has 2 N–H and O–H groups in total. The molecule has 1 amide bonds. The normalized spacial score (nSPS) is 31.2. The Kier molecular flexibility index (Phi) is 2.85. The van der Waals surface area contributed by atoms with E-state index in [0.717, 1.165) is 25.9 Å². The number of rotatable bonds is 3. The van der Waals surface area contributed by atoms with Gasteiger partial charge in [-0.3, -0.25) is 4.79 Å². The number of carbonyl (C=O) groups excluding carboxylic acids is 1. The molecule has 1 saturated heterocycles. The molecule has 17 heavy (non-hydrogen) atoms. The molecule has 0 bridgehead atoms. The summed E-state index contributed by atoms with van der Waals surface area (Å²) in [4.78, 5) is 11.9. The Bertz CT molecular complexity index is 398. The number of amides is 1. The van der Waals surface area contributed by atoms with Crippen molar-refractivity contribution >= 4 is 5.91 Å². The summed E-state index contributed by atoms with van der Waals surface area (Å²) in [6.45, 7) is 1.82. The van der Waals surface area contributed by atoms with Crippen LogP contribution in [-0.2, 0) is 4.79 Å².